The highest BCUT2D eigenvalue weighted by atomic mass is 16.5. The van der Waals surface area contributed by atoms with Crippen LogP contribution < -0.4 is 9.64 Å². The second-order valence-corrected chi connectivity index (χ2v) is 8.59. The molecule has 0 spiro atoms. The Labute approximate surface area is 195 Å². The zero-order chi connectivity index (χ0) is 23.2. The normalized spacial score (nSPS) is 15.5. The van der Waals surface area contributed by atoms with E-state index in [4.69, 9.17) is 9.72 Å². The minimum atomic E-state index is 0.184. The minimum Gasteiger partial charge on any atom is -0.497 e. The Hall–Kier alpha value is -3.48. The van der Waals surface area contributed by atoms with Gasteiger partial charge in [-0.2, -0.15) is 0 Å². The molecule has 1 aromatic carbocycles. The van der Waals surface area contributed by atoms with E-state index in [1.54, 1.807) is 13.3 Å². The van der Waals surface area contributed by atoms with Crippen LogP contribution >= 0.6 is 0 Å². The third-order valence-corrected chi connectivity index (χ3v) is 6.08. The average Bonchev–Trinajstić information content (AvgIpc) is 3.35. The summed E-state index contributed by atoms with van der Waals surface area (Å²) in [6.07, 6.45) is 6.78. The number of likely N-dealkylation sites (tertiary alicyclic amines) is 1. The maximum absolute atomic E-state index is 12.9. The summed E-state index contributed by atoms with van der Waals surface area (Å²) >= 11 is 0. The summed E-state index contributed by atoms with van der Waals surface area (Å²) in [6.45, 7) is 1.45. The molecule has 7 heteroatoms. The molecule has 2 aromatic heterocycles. The van der Waals surface area contributed by atoms with Crippen LogP contribution in [0.4, 0.5) is 5.95 Å². The number of rotatable bonds is 8. The summed E-state index contributed by atoms with van der Waals surface area (Å²) < 4.78 is 5.30. The molecule has 1 amide bonds. The lowest BCUT2D eigenvalue weighted by molar-refractivity contribution is -0.130. The molecule has 0 saturated carbocycles. The molecule has 1 atom stereocenters. The quantitative estimate of drug-likeness (QED) is 0.523. The molecule has 0 bridgehead atoms. The van der Waals surface area contributed by atoms with Gasteiger partial charge in [0.15, 0.2) is 0 Å². The van der Waals surface area contributed by atoms with E-state index in [1.807, 2.05) is 72.6 Å². The van der Waals surface area contributed by atoms with E-state index in [-0.39, 0.29) is 11.8 Å². The SMILES string of the molecule is COc1ccc(-c2cnc(N(C)C)nc2[C@@H]2CCN(C(=O)CCCc3ccccn3)C2)cc1. The summed E-state index contributed by atoms with van der Waals surface area (Å²) in [4.78, 5) is 30.6. The summed E-state index contributed by atoms with van der Waals surface area (Å²) in [7, 11) is 5.55. The van der Waals surface area contributed by atoms with E-state index in [1.165, 1.54) is 0 Å². The van der Waals surface area contributed by atoms with E-state index in [0.717, 1.165) is 54.1 Å². The van der Waals surface area contributed by atoms with Crippen LogP contribution in [-0.2, 0) is 11.2 Å². The van der Waals surface area contributed by atoms with Gasteiger partial charge in [-0.25, -0.2) is 9.97 Å². The van der Waals surface area contributed by atoms with Crippen molar-refractivity contribution in [1.82, 2.24) is 19.9 Å². The van der Waals surface area contributed by atoms with Gasteiger partial charge < -0.3 is 14.5 Å². The summed E-state index contributed by atoms with van der Waals surface area (Å²) in [5.74, 6) is 1.89. The van der Waals surface area contributed by atoms with Crippen LogP contribution in [0, 0.1) is 0 Å². The number of ether oxygens (including phenoxy) is 1. The Bertz CT molecular complexity index is 1070. The van der Waals surface area contributed by atoms with Crippen molar-refractivity contribution in [2.45, 2.75) is 31.6 Å². The molecular weight excluding hydrogens is 414 g/mol. The second kappa shape index (κ2) is 10.4. The molecule has 0 radical (unpaired) electrons. The van der Waals surface area contributed by atoms with Crippen LogP contribution in [0.2, 0.25) is 0 Å². The van der Waals surface area contributed by atoms with Gasteiger partial charge in [-0.1, -0.05) is 18.2 Å². The number of aryl methyl sites for hydroxylation is 1. The lowest BCUT2D eigenvalue weighted by Gasteiger charge is -2.20. The molecule has 4 rings (SSSR count). The van der Waals surface area contributed by atoms with Crippen molar-refractivity contribution in [2.75, 3.05) is 39.2 Å². The molecule has 0 unspecified atom stereocenters. The van der Waals surface area contributed by atoms with Crippen LogP contribution in [0.15, 0.2) is 54.9 Å². The molecule has 0 aliphatic carbocycles. The average molecular weight is 446 g/mol. The van der Waals surface area contributed by atoms with Gasteiger partial charge in [0.05, 0.1) is 12.8 Å². The molecule has 1 aliphatic heterocycles. The fraction of sp³-hybridized carbons (Fsp3) is 0.385. The first kappa shape index (κ1) is 22.7. The Morgan fingerprint density at radius 2 is 1.97 bits per heavy atom. The highest BCUT2D eigenvalue weighted by Gasteiger charge is 2.30. The van der Waals surface area contributed by atoms with Crippen molar-refractivity contribution in [3.63, 3.8) is 0 Å². The highest BCUT2D eigenvalue weighted by molar-refractivity contribution is 5.77. The Balaban J connectivity index is 1.47. The van der Waals surface area contributed by atoms with Crippen molar-refractivity contribution < 1.29 is 9.53 Å². The molecule has 3 aromatic rings. The molecule has 1 fully saturated rings. The maximum Gasteiger partial charge on any atom is 0.225 e. The van der Waals surface area contributed by atoms with Crippen LogP contribution in [-0.4, -0.2) is 60.1 Å². The van der Waals surface area contributed by atoms with Crippen molar-refractivity contribution in [3.8, 4) is 16.9 Å². The second-order valence-electron chi connectivity index (χ2n) is 8.59. The van der Waals surface area contributed by atoms with Gasteiger partial charge in [0, 0.05) is 63.2 Å². The number of methoxy groups -OCH3 is 1. The van der Waals surface area contributed by atoms with Crippen LogP contribution in [0.1, 0.15) is 36.6 Å². The molecule has 1 saturated heterocycles. The number of carbonyl (C=O) groups is 1. The molecule has 172 valence electrons. The monoisotopic (exact) mass is 445 g/mol. The smallest absolute Gasteiger partial charge is 0.225 e. The number of hydrogen-bond acceptors (Lipinski definition) is 6. The highest BCUT2D eigenvalue weighted by Crippen LogP contribution is 2.35. The van der Waals surface area contributed by atoms with Crippen molar-refractivity contribution in [1.29, 1.82) is 0 Å². The summed E-state index contributed by atoms with van der Waals surface area (Å²) in [5, 5.41) is 0. The third kappa shape index (κ3) is 5.48. The van der Waals surface area contributed by atoms with E-state index in [9.17, 15) is 4.79 Å². The first-order valence-corrected chi connectivity index (χ1v) is 11.4. The largest absolute Gasteiger partial charge is 0.497 e. The predicted octanol–water partition coefficient (Wildman–Crippen LogP) is 3.95. The van der Waals surface area contributed by atoms with Crippen LogP contribution in [0.3, 0.4) is 0 Å². The van der Waals surface area contributed by atoms with Crippen molar-refractivity contribution >= 4 is 11.9 Å². The zero-order valence-electron chi connectivity index (χ0n) is 19.6. The van der Waals surface area contributed by atoms with Gasteiger partial charge in [0.2, 0.25) is 11.9 Å². The predicted molar refractivity (Wildman–Crippen MR) is 129 cm³/mol. The number of benzene rings is 1. The van der Waals surface area contributed by atoms with Gasteiger partial charge in [0.25, 0.3) is 0 Å². The zero-order valence-corrected chi connectivity index (χ0v) is 19.6. The molecule has 7 nitrogen and oxygen atoms in total. The number of nitrogens with zero attached hydrogens (tertiary/aromatic N) is 5. The van der Waals surface area contributed by atoms with E-state index in [2.05, 4.69) is 9.97 Å². The molecular formula is C26H31N5O2. The summed E-state index contributed by atoms with van der Waals surface area (Å²) in [5.41, 5.74) is 4.10. The number of carbonyl (C=O) groups excluding carboxylic acids is 1. The number of pyridine rings is 1. The van der Waals surface area contributed by atoms with Crippen LogP contribution in [0.25, 0.3) is 11.1 Å². The van der Waals surface area contributed by atoms with Crippen molar-refractivity contribution in [2.24, 2.45) is 0 Å². The third-order valence-electron chi connectivity index (χ3n) is 6.08. The minimum absolute atomic E-state index is 0.184. The molecule has 33 heavy (non-hydrogen) atoms. The molecule has 0 N–H and O–H groups in total. The number of anilines is 1. The van der Waals surface area contributed by atoms with Gasteiger partial charge in [0.1, 0.15) is 5.75 Å². The number of amides is 1. The number of hydrogen-bond donors (Lipinski definition) is 0. The lowest BCUT2D eigenvalue weighted by atomic mass is 9.96. The first-order valence-electron chi connectivity index (χ1n) is 11.4. The van der Waals surface area contributed by atoms with Gasteiger partial charge in [-0.15, -0.1) is 0 Å². The van der Waals surface area contributed by atoms with Gasteiger partial charge in [-0.3, -0.25) is 9.78 Å². The van der Waals surface area contributed by atoms with Gasteiger partial charge >= 0.3 is 0 Å². The van der Waals surface area contributed by atoms with E-state index in [0.29, 0.717) is 18.9 Å². The lowest BCUT2D eigenvalue weighted by Crippen LogP contribution is -2.28. The standard InChI is InChI=1S/C26H31N5O2/c1-30(2)26-28-17-23(19-10-12-22(33-3)13-11-19)25(29-26)20-14-16-31(18-20)24(32)9-6-8-21-7-4-5-15-27-21/h4-5,7,10-13,15,17,20H,6,8-9,14,16,18H2,1-3H3/t20-/m1/s1. The van der Waals surface area contributed by atoms with Gasteiger partial charge in [-0.05, 0) is 49.1 Å². The topological polar surface area (TPSA) is 71.5 Å². The van der Waals surface area contributed by atoms with Crippen LogP contribution in [0.5, 0.6) is 5.75 Å². The van der Waals surface area contributed by atoms with E-state index >= 15 is 0 Å². The number of aromatic nitrogens is 3. The summed E-state index contributed by atoms with van der Waals surface area (Å²) in [6, 6.07) is 13.9. The van der Waals surface area contributed by atoms with Crippen molar-refractivity contribution in [3.05, 3.63) is 66.2 Å². The molecule has 1 aliphatic rings. The fourth-order valence-corrected chi connectivity index (χ4v) is 4.24. The fourth-order valence-electron chi connectivity index (χ4n) is 4.24. The first-order chi connectivity index (χ1) is 16.0. The Morgan fingerprint density at radius 1 is 1.15 bits per heavy atom. The Kier molecular flexibility index (Phi) is 7.17. The Morgan fingerprint density at radius 3 is 2.67 bits per heavy atom. The van der Waals surface area contributed by atoms with E-state index < -0.39 is 0 Å². The maximum atomic E-state index is 12.9. The molecule has 3 heterocycles.